The van der Waals surface area contributed by atoms with Gasteiger partial charge in [-0.3, -0.25) is 0 Å². The molecule has 1 heterocycles. The Balaban J connectivity index is 1.68. The quantitative estimate of drug-likeness (QED) is 0.913. The molecule has 1 unspecified atom stereocenters. The minimum Gasteiger partial charge on any atom is -0.486 e. The third-order valence-electron chi connectivity index (χ3n) is 3.25. The van der Waals surface area contributed by atoms with Crippen molar-refractivity contribution in [3.8, 4) is 11.5 Å². The predicted octanol–water partition coefficient (Wildman–Crippen LogP) is 2.60. The highest BCUT2D eigenvalue weighted by atomic mass is 35.5. The van der Waals surface area contributed by atoms with Crippen LogP contribution in [0, 0.1) is 5.82 Å². The van der Waals surface area contributed by atoms with Crippen molar-refractivity contribution in [1.82, 2.24) is 4.72 Å². The lowest BCUT2D eigenvalue weighted by atomic mass is 10.2. The molecule has 1 N–H and O–H groups in total. The van der Waals surface area contributed by atoms with E-state index >= 15 is 0 Å². The van der Waals surface area contributed by atoms with Gasteiger partial charge in [0.05, 0.1) is 11.6 Å². The molecule has 0 saturated carbocycles. The van der Waals surface area contributed by atoms with Crippen LogP contribution in [-0.2, 0) is 10.0 Å². The normalized spacial score (nSPS) is 17.0. The molecule has 0 fully saturated rings. The van der Waals surface area contributed by atoms with Crippen LogP contribution >= 0.6 is 11.6 Å². The Morgan fingerprint density at radius 1 is 1.22 bits per heavy atom. The van der Waals surface area contributed by atoms with Crippen LogP contribution in [0.3, 0.4) is 0 Å². The first kappa shape index (κ1) is 16.0. The average Bonchev–Trinajstić information content (AvgIpc) is 2.52. The fourth-order valence-corrected chi connectivity index (χ4v) is 3.73. The van der Waals surface area contributed by atoms with Crippen LogP contribution in [0.25, 0.3) is 0 Å². The molecule has 0 amide bonds. The lowest BCUT2D eigenvalue weighted by Gasteiger charge is -2.26. The zero-order chi connectivity index (χ0) is 16.4. The smallest absolute Gasteiger partial charge is 0.242 e. The third-order valence-corrected chi connectivity index (χ3v) is 5.16. The van der Waals surface area contributed by atoms with Crippen molar-refractivity contribution in [3.05, 3.63) is 53.3 Å². The van der Waals surface area contributed by atoms with Gasteiger partial charge >= 0.3 is 0 Å². The molecule has 3 rings (SSSR count). The van der Waals surface area contributed by atoms with Crippen LogP contribution in [0.5, 0.6) is 11.5 Å². The van der Waals surface area contributed by atoms with E-state index in [4.69, 9.17) is 21.1 Å². The number of halogens is 2. The van der Waals surface area contributed by atoms with E-state index in [-0.39, 0.29) is 23.1 Å². The highest BCUT2D eigenvalue weighted by Gasteiger charge is 2.24. The van der Waals surface area contributed by atoms with Gasteiger partial charge in [0.1, 0.15) is 23.4 Å². The molecular weight excluding hydrogens is 345 g/mol. The molecule has 5 nitrogen and oxygen atoms in total. The molecule has 0 spiro atoms. The number of hydrogen-bond acceptors (Lipinski definition) is 4. The van der Waals surface area contributed by atoms with Gasteiger partial charge in [-0.05, 0) is 30.3 Å². The molecule has 1 aliphatic rings. The van der Waals surface area contributed by atoms with Crippen molar-refractivity contribution < 1.29 is 22.3 Å². The van der Waals surface area contributed by atoms with Gasteiger partial charge in [0.15, 0.2) is 11.5 Å². The van der Waals surface area contributed by atoms with Crippen LogP contribution < -0.4 is 14.2 Å². The molecule has 23 heavy (non-hydrogen) atoms. The van der Waals surface area contributed by atoms with Gasteiger partial charge in [-0.25, -0.2) is 17.5 Å². The zero-order valence-corrected chi connectivity index (χ0v) is 13.4. The van der Waals surface area contributed by atoms with E-state index in [1.165, 1.54) is 0 Å². The minimum absolute atomic E-state index is 0.00434. The first-order chi connectivity index (χ1) is 11.0. The maximum Gasteiger partial charge on any atom is 0.242 e. The van der Waals surface area contributed by atoms with Gasteiger partial charge in [0, 0.05) is 0 Å². The second-order valence-electron chi connectivity index (χ2n) is 4.92. The van der Waals surface area contributed by atoms with Gasteiger partial charge in [0.25, 0.3) is 0 Å². The Bertz CT molecular complexity index is 828. The van der Waals surface area contributed by atoms with E-state index in [9.17, 15) is 12.8 Å². The molecule has 2 aromatic carbocycles. The number of hydrogen-bond donors (Lipinski definition) is 1. The van der Waals surface area contributed by atoms with Crippen LogP contribution in [-0.4, -0.2) is 27.7 Å². The fraction of sp³-hybridized carbons (Fsp3) is 0.200. The highest BCUT2D eigenvalue weighted by Crippen LogP contribution is 2.30. The topological polar surface area (TPSA) is 64.6 Å². The standard InChI is InChI=1S/C15H13ClFNO4S/c16-12-7-10(17)5-6-15(12)23(19,20)18-8-11-9-21-13-3-1-2-4-14(13)22-11/h1-7,11,18H,8-9H2. The summed E-state index contributed by atoms with van der Waals surface area (Å²) in [6.45, 7) is 0.223. The maximum atomic E-state index is 13.0. The number of fused-ring (bicyclic) bond motifs is 1. The summed E-state index contributed by atoms with van der Waals surface area (Å²) in [5.41, 5.74) is 0. The molecule has 2 aromatic rings. The van der Waals surface area contributed by atoms with Gasteiger partial charge < -0.3 is 9.47 Å². The summed E-state index contributed by atoms with van der Waals surface area (Å²) in [5.74, 6) is 0.575. The van der Waals surface area contributed by atoms with E-state index in [2.05, 4.69) is 4.72 Å². The van der Waals surface area contributed by atoms with E-state index < -0.39 is 21.9 Å². The summed E-state index contributed by atoms with van der Waals surface area (Å²) in [6, 6.07) is 10.2. The van der Waals surface area contributed by atoms with Crippen LogP contribution in [0.4, 0.5) is 4.39 Å². The summed E-state index contributed by atoms with van der Waals surface area (Å²) >= 11 is 5.79. The first-order valence-corrected chi connectivity index (χ1v) is 8.65. The van der Waals surface area contributed by atoms with Crippen LogP contribution in [0.2, 0.25) is 5.02 Å². The molecule has 0 bridgehead atoms. The Kier molecular flexibility index (Phi) is 4.43. The molecule has 8 heteroatoms. The summed E-state index contributed by atoms with van der Waals surface area (Å²) in [7, 11) is -3.87. The minimum atomic E-state index is -3.87. The molecule has 0 aliphatic carbocycles. The monoisotopic (exact) mass is 357 g/mol. The van der Waals surface area contributed by atoms with Crippen molar-refractivity contribution in [3.63, 3.8) is 0 Å². The van der Waals surface area contributed by atoms with Gasteiger partial charge in [-0.15, -0.1) is 0 Å². The number of benzene rings is 2. The molecule has 0 saturated heterocycles. The fourth-order valence-electron chi connectivity index (χ4n) is 2.14. The largest absolute Gasteiger partial charge is 0.486 e. The number of ether oxygens (including phenoxy) is 2. The van der Waals surface area contributed by atoms with Crippen molar-refractivity contribution in [2.75, 3.05) is 13.2 Å². The van der Waals surface area contributed by atoms with E-state index in [0.29, 0.717) is 11.5 Å². The Labute approximate surface area is 138 Å². The summed E-state index contributed by atoms with van der Waals surface area (Å²) < 4.78 is 51.1. The van der Waals surface area contributed by atoms with Crippen LogP contribution in [0.15, 0.2) is 47.4 Å². The predicted molar refractivity (Wildman–Crippen MR) is 83.0 cm³/mol. The Morgan fingerprint density at radius 3 is 2.70 bits per heavy atom. The number of para-hydroxylation sites is 2. The Morgan fingerprint density at radius 2 is 1.96 bits per heavy atom. The average molecular weight is 358 g/mol. The van der Waals surface area contributed by atoms with E-state index in [1.54, 1.807) is 18.2 Å². The van der Waals surface area contributed by atoms with Crippen LogP contribution in [0.1, 0.15) is 0 Å². The molecule has 1 atom stereocenters. The summed E-state index contributed by atoms with van der Waals surface area (Å²) in [5, 5.41) is -0.177. The van der Waals surface area contributed by atoms with Crippen molar-refractivity contribution >= 4 is 21.6 Å². The highest BCUT2D eigenvalue weighted by molar-refractivity contribution is 7.89. The SMILES string of the molecule is O=S(=O)(NCC1COc2ccccc2O1)c1ccc(F)cc1Cl. The molecule has 1 aliphatic heterocycles. The number of nitrogens with one attached hydrogen (secondary N) is 1. The van der Waals surface area contributed by atoms with E-state index in [0.717, 1.165) is 18.2 Å². The number of rotatable bonds is 4. The van der Waals surface area contributed by atoms with Crippen molar-refractivity contribution in [1.29, 1.82) is 0 Å². The van der Waals surface area contributed by atoms with E-state index in [1.807, 2.05) is 6.07 Å². The Hall–Kier alpha value is -1.83. The summed E-state index contributed by atoms with van der Waals surface area (Å²) in [4.78, 5) is -0.183. The lowest BCUT2D eigenvalue weighted by Crippen LogP contribution is -2.40. The first-order valence-electron chi connectivity index (χ1n) is 6.79. The lowest BCUT2D eigenvalue weighted by molar-refractivity contribution is 0.0943. The third kappa shape index (κ3) is 3.57. The second kappa shape index (κ2) is 6.35. The van der Waals surface area contributed by atoms with Crippen molar-refractivity contribution in [2.24, 2.45) is 0 Å². The summed E-state index contributed by atoms with van der Waals surface area (Å²) in [6.07, 6.45) is -0.473. The van der Waals surface area contributed by atoms with Gasteiger partial charge in [-0.1, -0.05) is 23.7 Å². The van der Waals surface area contributed by atoms with Gasteiger partial charge in [0.2, 0.25) is 10.0 Å². The molecule has 0 aromatic heterocycles. The van der Waals surface area contributed by atoms with Crippen molar-refractivity contribution in [2.45, 2.75) is 11.0 Å². The van der Waals surface area contributed by atoms with Gasteiger partial charge in [-0.2, -0.15) is 0 Å². The zero-order valence-electron chi connectivity index (χ0n) is 11.8. The molecule has 0 radical (unpaired) electrons. The maximum absolute atomic E-state index is 13.0. The second-order valence-corrected chi connectivity index (χ2v) is 7.07. The number of sulfonamides is 1. The molecule has 122 valence electrons. The molecular formula is C15H13ClFNO4S.